The molecule has 0 spiro atoms. The molecule has 0 aromatic heterocycles. The molecule has 3 unspecified atom stereocenters. The summed E-state index contributed by atoms with van der Waals surface area (Å²) in [7, 11) is 0. The average molecular weight is 460 g/mol. The number of nitrogens with zero attached hydrogens (tertiary/aromatic N) is 1. The molecule has 2 aliphatic heterocycles. The minimum Gasteiger partial charge on any atom is -0.508 e. The molecule has 5 nitrogen and oxygen atoms in total. The topological polar surface area (TPSA) is 72.8 Å². The smallest absolute Gasteiger partial charge is 0.167 e. The number of carbonyl (C=O) groups is 1. The van der Waals surface area contributed by atoms with Crippen LogP contribution >= 0.6 is 0 Å². The minimum atomic E-state index is -0.481. The number of likely N-dealkylation sites (tertiary alicyclic amines) is 1. The van der Waals surface area contributed by atoms with Crippen molar-refractivity contribution in [2.75, 3.05) is 26.2 Å². The van der Waals surface area contributed by atoms with Gasteiger partial charge in [0.15, 0.2) is 5.78 Å². The zero-order valence-corrected chi connectivity index (χ0v) is 19.0. The molecule has 3 aromatic carbocycles. The first-order chi connectivity index (χ1) is 16.4. The number of carbonyl (C=O) groups excluding carboxylic acids is 1. The first-order valence-corrected chi connectivity index (χ1v) is 11.7. The summed E-state index contributed by atoms with van der Waals surface area (Å²) in [6, 6.07) is 19.8. The summed E-state index contributed by atoms with van der Waals surface area (Å²) in [6.07, 6.45) is 0. The monoisotopic (exact) mass is 459 g/mol. The molecule has 1 radical (unpaired) electrons. The van der Waals surface area contributed by atoms with Gasteiger partial charge in [0.1, 0.15) is 17.3 Å². The first-order valence-electron chi connectivity index (χ1n) is 11.7. The van der Waals surface area contributed by atoms with Crippen molar-refractivity contribution in [1.82, 2.24) is 10.2 Å². The lowest BCUT2D eigenvalue weighted by Crippen LogP contribution is -2.61. The molecule has 34 heavy (non-hydrogen) atoms. The molecule has 3 atom stereocenters. The number of Topliss-reactive ketones (excluding diaryl/α,β-unsaturated/α-hetero) is 1. The fourth-order valence-electron chi connectivity index (χ4n) is 5.49. The van der Waals surface area contributed by atoms with Gasteiger partial charge in [-0.1, -0.05) is 36.4 Å². The summed E-state index contributed by atoms with van der Waals surface area (Å²) < 4.78 is 14.7. The Balaban J connectivity index is 1.67. The maximum absolute atomic E-state index is 14.7. The van der Waals surface area contributed by atoms with Crippen molar-refractivity contribution in [3.63, 3.8) is 0 Å². The average Bonchev–Trinajstić information content (AvgIpc) is 2.79. The number of ketones is 1. The van der Waals surface area contributed by atoms with Crippen LogP contribution in [-0.4, -0.2) is 53.1 Å². The van der Waals surface area contributed by atoms with Gasteiger partial charge in [-0.2, -0.15) is 0 Å². The van der Waals surface area contributed by atoms with E-state index < -0.39 is 5.92 Å². The van der Waals surface area contributed by atoms with Gasteiger partial charge in [0, 0.05) is 55.5 Å². The van der Waals surface area contributed by atoms with Gasteiger partial charge in [0.2, 0.25) is 0 Å². The third-order valence-corrected chi connectivity index (χ3v) is 7.42. The number of phenols is 2. The molecule has 0 aliphatic carbocycles. The van der Waals surface area contributed by atoms with E-state index in [0.29, 0.717) is 30.3 Å². The van der Waals surface area contributed by atoms with Crippen LogP contribution in [0.25, 0.3) is 0 Å². The molecule has 5 rings (SSSR count). The number of nitrogens with one attached hydrogen (secondary N) is 1. The molecule has 6 heteroatoms. The van der Waals surface area contributed by atoms with E-state index in [-0.39, 0.29) is 34.9 Å². The van der Waals surface area contributed by atoms with Gasteiger partial charge in [0.05, 0.1) is 0 Å². The van der Waals surface area contributed by atoms with Gasteiger partial charge in [-0.3, -0.25) is 9.69 Å². The third-order valence-electron chi connectivity index (χ3n) is 7.42. The maximum atomic E-state index is 14.7. The van der Waals surface area contributed by atoms with Gasteiger partial charge in [0.25, 0.3) is 0 Å². The molecule has 0 bridgehead atoms. The van der Waals surface area contributed by atoms with Gasteiger partial charge >= 0.3 is 0 Å². The molecule has 0 amide bonds. The summed E-state index contributed by atoms with van der Waals surface area (Å²) in [4.78, 5) is 16.3. The zero-order chi connectivity index (χ0) is 23.8. The van der Waals surface area contributed by atoms with Crippen LogP contribution in [0.2, 0.25) is 0 Å². The van der Waals surface area contributed by atoms with Crippen LogP contribution in [0.5, 0.6) is 11.5 Å². The Kier molecular flexibility index (Phi) is 6.11. The molecule has 3 aromatic rings. The lowest BCUT2D eigenvalue weighted by atomic mass is 9.67. The molecule has 2 heterocycles. The third kappa shape index (κ3) is 4.08. The predicted octanol–water partition coefficient (Wildman–Crippen LogP) is 4.00. The highest BCUT2D eigenvalue weighted by molar-refractivity contribution is 5.99. The minimum absolute atomic E-state index is 0.0352. The second kappa shape index (κ2) is 9.20. The second-order valence-corrected chi connectivity index (χ2v) is 9.36. The number of piperidine rings is 1. The Morgan fingerprint density at radius 3 is 2.59 bits per heavy atom. The highest BCUT2D eigenvalue weighted by Crippen LogP contribution is 2.48. The molecule has 0 saturated carbocycles. The summed E-state index contributed by atoms with van der Waals surface area (Å²) in [5, 5.41) is 24.1. The van der Waals surface area contributed by atoms with Gasteiger partial charge in [-0.25, -0.2) is 4.39 Å². The second-order valence-electron chi connectivity index (χ2n) is 9.36. The van der Waals surface area contributed by atoms with Crippen molar-refractivity contribution >= 4 is 5.78 Å². The lowest BCUT2D eigenvalue weighted by Gasteiger charge is -2.49. The van der Waals surface area contributed by atoms with Crippen LogP contribution in [0.4, 0.5) is 4.39 Å². The molecule has 2 aliphatic rings. The number of hydrogen-bond acceptors (Lipinski definition) is 5. The molecule has 2 saturated heterocycles. The number of hydrogen-bond donors (Lipinski definition) is 3. The number of aromatic hydroxyl groups is 2. The van der Waals surface area contributed by atoms with E-state index in [1.807, 2.05) is 12.1 Å². The van der Waals surface area contributed by atoms with Crippen LogP contribution in [-0.2, 0) is 0 Å². The summed E-state index contributed by atoms with van der Waals surface area (Å²) in [6.45, 7) is 4.61. The van der Waals surface area contributed by atoms with Gasteiger partial charge < -0.3 is 15.5 Å². The maximum Gasteiger partial charge on any atom is 0.167 e. The van der Waals surface area contributed by atoms with Crippen molar-refractivity contribution in [2.24, 2.45) is 5.92 Å². The van der Waals surface area contributed by atoms with E-state index >= 15 is 0 Å². The van der Waals surface area contributed by atoms with Crippen molar-refractivity contribution in [3.05, 3.63) is 94.8 Å². The lowest BCUT2D eigenvalue weighted by molar-refractivity contribution is 0.0520. The molecule has 2 fully saturated rings. The van der Waals surface area contributed by atoms with Crippen molar-refractivity contribution in [3.8, 4) is 11.5 Å². The van der Waals surface area contributed by atoms with Gasteiger partial charge in [-0.05, 0) is 53.9 Å². The van der Waals surface area contributed by atoms with E-state index in [2.05, 4.69) is 16.3 Å². The Labute approximate surface area is 198 Å². The van der Waals surface area contributed by atoms with E-state index in [1.165, 1.54) is 12.1 Å². The van der Waals surface area contributed by atoms with Crippen molar-refractivity contribution in [2.45, 2.75) is 24.8 Å². The van der Waals surface area contributed by atoms with E-state index in [1.54, 1.807) is 43.3 Å². The van der Waals surface area contributed by atoms with Gasteiger partial charge in [-0.15, -0.1) is 0 Å². The Morgan fingerprint density at radius 1 is 1.09 bits per heavy atom. The summed E-state index contributed by atoms with van der Waals surface area (Å²) >= 11 is 0. The van der Waals surface area contributed by atoms with Crippen molar-refractivity contribution < 1.29 is 19.4 Å². The van der Waals surface area contributed by atoms with E-state index in [4.69, 9.17) is 0 Å². The summed E-state index contributed by atoms with van der Waals surface area (Å²) in [5.74, 6) is -1.29. The Morgan fingerprint density at radius 2 is 1.88 bits per heavy atom. The molecular weight excluding hydrogens is 431 g/mol. The first kappa shape index (κ1) is 22.6. The van der Waals surface area contributed by atoms with Crippen LogP contribution in [0.15, 0.2) is 60.7 Å². The number of benzene rings is 3. The Bertz CT molecular complexity index is 1210. The predicted molar refractivity (Wildman–Crippen MR) is 128 cm³/mol. The van der Waals surface area contributed by atoms with Crippen LogP contribution in [0.3, 0.4) is 0 Å². The fourth-order valence-corrected chi connectivity index (χ4v) is 5.49. The molecule has 3 N–H and O–H groups in total. The quantitative estimate of drug-likeness (QED) is 0.503. The van der Waals surface area contributed by atoms with Crippen LogP contribution in [0.1, 0.15) is 38.9 Å². The van der Waals surface area contributed by atoms with Crippen LogP contribution < -0.4 is 5.32 Å². The fraction of sp³-hybridized carbons (Fsp3) is 0.321. The molecule has 175 valence electrons. The normalized spacial score (nSPS) is 23.4. The summed E-state index contributed by atoms with van der Waals surface area (Å²) in [5.41, 5.74) is 2.47. The number of halogens is 1. The standard InChI is InChI=1S/C28H28FN2O3/c1-17-21(9-5-10-25(17)29)27-23(22-8-2-3-11-26(22)33)15-31(19-13-30-14-19)16-24(27)28(34)18-6-4-7-20(32)12-18/h2,4-12,19,23-24,27,30,32-33H,13-16H2,1H3. The van der Waals surface area contributed by atoms with Crippen LogP contribution in [0, 0.1) is 24.7 Å². The van der Waals surface area contributed by atoms with Crippen molar-refractivity contribution in [1.29, 1.82) is 0 Å². The van der Waals surface area contributed by atoms with E-state index in [9.17, 15) is 19.4 Å². The largest absolute Gasteiger partial charge is 0.508 e. The van der Waals surface area contributed by atoms with E-state index in [0.717, 1.165) is 24.2 Å². The zero-order valence-electron chi connectivity index (χ0n) is 19.0. The molecular formula is C28H28FN2O3. The number of rotatable bonds is 5. The SMILES string of the molecule is Cc1c(F)cccc1C1C(C(=O)c2cccc(O)c2)CN(C2CNC2)CC1c1cc[c]cc1O. The Hall–Kier alpha value is -3.22. The number of phenolic OH excluding ortho intramolecular Hbond substituents is 2. The highest BCUT2D eigenvalue weighted by atomic mass is 19.1. The highest BCUT2D eigenvalue weighted by Gasteiger charge is 2.45.